The highest BCUT2D eigenvalue weighted by Gasteiger charge is 2.10. The first-order valence-electron chi connectivity index (χ1n) is 9.35. The van der Waals surface area contributed by atoms with Crippen molar-refractivity contribution in [1.82, 2.24) is 15.5 Å². The molecule has 1 fully saturated rings. The van der Waals surface area contributed by atoms with Crippen molar-refractivity contribution >= 4 is 41.7 Å². The van der Waals surface area contributed by atoms with E-state index in [-0.39, 0.29) is 24.0 Å². The number of morpholine rings is 1. The van der Waals surface area contributed by atoms with Gasteiger partial charge in [-0.3, -0.25) is 4.90 Å². The van der Waals surface area contributed by atoms with Crippen LogP contribution < -0.4 is 15.4 Å². The van der Waals surface area contributed by atoms with E-state index < -0.39 is 0 Å². The molecule has 6 nitrogen and oxygen atoms in total. The number of nitrogens with one attached hydrogen (secondary N) is 2. The molecule has 1 aromatic rings. The van der Waals surface area contributed by atoms with Gasteiger partial charge >= 0.3 is 0 Å². The third-order valence-corrected chi connectivity index (χ3v) is 4.70. The molecule has 8 heteroatoms. The highest BCUT2D eigenvalue weighted by Crippen LogP contribution is 2.19. The molecule has 0 aliphatic carbocycles. The van der Waals surface area contributed by atoms with Crippen molar-refractivity contribution in [2.75, 3.05) is 64.6 Å². The molecule has 1 aliphatic heterocycles. The first-order valence-corrected chi connectivity index (χ1v) is 10.7. The van der Waals surface area contributed by atoms with Crippen LogP contribution >= 0.6 is 35.7 Å². The zero-order valence-corrected chi connectivity index (χ0v) is 19.6. The Morgan fingerprint density at radius 3 is 2.78 bits per heavy atom. The van der Waals surface area contributed by atoms with Crippen molar-refractivity contribution in [2.24, 2.45) is 4.99 Å². The van der Waals surface area contributed by atoms with E-state index in [9.17, 15) is 0 Å². The molecule has 0 aromatic heterocycles. The van der Waals surface area contributed by atoms with E-state index in [1.165, 1.54) is 0 Å². The van der Waals surface area contributed by atoms with Crippen LogP contribution in [0.4, 0.5) is 0 Å². The third kappa shape index (κ3) is 9.87. The van der Waals surface area contributed by atoms with Gasteiger partial charge in [-0.25, -0.2) is 4.99 Å². The number of benzene rings is 1. The van der Waals surface area contributed by atoms with Crippen LogP contribution in [0.3, 0.4) is 0 Å². The van der Waals surface area contributed by atoms with Crippen molar-refractivity contribution < 1.29 is 9.47 Å². The maximum absolute atomic E-state index is 6.03. The molecule has 1 saturated heterocycles. The van der Waals surface area contributed by atoms with Crippen molar-refractivity contribution in [3.05, 3.63) is 29.8 Å². The summed E-state index contributed by atoms with van der Waals surface area (Å²) >= 11 is 1.82. The molecule has 0 bridgehead atoms. The molecule has 27 heavy (non-hydrogen) atoms. The Hall–Kier alpha value is -0.710. The Bertz CT molecular complexity index is 542. The lowest BCUT2D eigenvalue weighted by molar-refractivity contribution is 0.0322. The average Bonchev–Trinajstić information content (AvgIpc) is 2.68. The highest BCUT2D eigenvalue weighted by molar-refractivity contribution is 14.0. The maximum Gasteiger partial charge on any atom is 0.191 e. The fourth-order valence-corrected chi connectivity index (χ4v) is 2.97. The Labute approximate surface area is 184 Å². The van der Waals surface area contributed by atoms with Crippen LogP contribution in [-0.2, 0) is 11.3 Å². The Morgan fingerprint density at radius 1 is 1.26 bits per heavy atom. The van der Waals surface area contributed by atoms with E-state index in [0.717, 1.165) is 69.0 Å². The summed E-state index contributed by atoms with van der Waals surface area (Å²) in [6.45, 7) is 9.67. The van der Waals surface area contributed by atoms with Gasteiger partial charge in [0.2, 0.25) is 0 Å². The number of guanidine groups is 1. The van der Waals surface area contributed by atoms with Crippen molar-refractivity contribution in [2.45, 2.75) is 13.5 Å². The van der Waals surface area contributed by atoms with Crippen LogP contribution in [0.5, 0.6) is 5.75 Å². The smallest absolute Gasteiger partial charge is 0.191 e. The lowest BCUT2D eigenvalue weighted by Crippen LogP contribution is -2.38. The van der Waals surface area contributed by atoms with E-state index in [2.05, 4.69) is 34.8 Å². The normalized spacial score (nSPS) is 15.1. The van der Waals surface area contributed by atoms with Gasteiger partial charge in [0.15, 0.2) is 5.96 Å². The number of rotatable bonds is 10. The number of para-hydroxylation sites is 1. The number of halogens is 1. The van der Waals surface area contributed by atoms with Crippen LogP contribution in [-0.4, -0.2) is 75.4 Å². The quantitative estimate of drug-likeness (QED) is 0.219. The summed E-state index contributed by atoms with van der Waals surface area (Å²) < 4.78 is 11.4. The SMILES string of the molecule is CCNC(=NCc1ccccc1OCCN1CCOCC1)NCCSC.I. The summed E-state index contributed by atoms with van der Waals surface area (Å²) in [7, 11) is 0. The molecule has 0 radical (unpaired) electrons. The molecule has 2 rings (SSSR count). The number of ether oxygens (including phenoxy) is 2. The summed E-state index contributed by atoms with van der Waals surface area (Å²) in [6, 6.07) is 8.16. The zero-order valence-electron chi connectivity index (χ0n) is 16.4. The van der Waals surface area contributed by atoms with Crippen molar-refractivity contribution in [3.8, 4) is 5.75 Å². The summed E-state index contributed by atoms with van der Waals surface area (Å²) in [5.41, 5.74) is 1.11. The lowest BCUT2D eigenvalue weighted by atomic mass is 10.2. The standard InChI is InChI=1S/C19H32N4O2S.HI/c1-3-20-19(21-8-15-26-2)22-16-17-6-4-5-7-18(17)25-14-11-23-9-12-24-13-10-23;/h4-7H,3,8-16H2,1-2H3,(H2,20,21,22);1H. The van der Waals surface area contributed by atoms with Gasteiger partial charge in [-0.2, -0.15) is 11.8 Å². The summed E-state index contributed by atoms with van der Waals surface area (Å²) in [4.78, 5) is 7.07. The average molecular weight is 508 g/mol. The van der Waals surface area contributed by atoms with E-state index in [1.807, 2.05) is 30.0 Å². The minimum absolute atomic E-state index is 0. The summed E-state index contributed by atoms with van der Waals surface area (Å²) in [6.07, 6.45) is 2.11. The molecular formula is C19H33IN4O2S. The van der Waals surface area contributed by atoms with Crippen molar-refractivity contribution in [1.29, 1.82) is 0 Å². The van der Waals surface area contributed by atoms with Crippen LogP contribution in [0.15, 0.2) is 29.3 Å². The fraction of sp³-hybridized carbons (Fsp3) is 0.632. The number of aliphatic imine (C=N–C) groups is 1. The van der Waals surface area contributed by atoms with Gasteiger partial charge in [-0.1, -0.05) is 18.2 Å². The predicted octanol–water partition coefficient (Wildman–Crippen LogP) is 2.43. The Kier molecular flexibility index (Phi) is 13.7. The Morgan fingerprint density at radius 2 is 2.04 bits per heavy atom. The number of nitrogens with zero attached hydrogens (tertiary/aromatic N) is 2. The molecule has 1 heterocycles. The van der Waals surface area contributed by atoms with E-state index in [0.29, 0.717) is 13.2 Å². The van der Waals surface area contributed by atoms with Gasteiger partial charge in [0.1, 0.15) is 12.4 Å². The zero-order chi connectivity index (χ0) is 18.5. The Balaban J connectivity index is 0.00000364. The molecule has 0 unspecified atom stereocenters. The minimum Gasteiger partial charge on any atom is -0.492 e. The van der Waals surface area contributed by atoms with Crippen LogP contribution in [0.1, 0.15) is 12.5 Å². The second-order valence-corrected chi connectivity index (χ2v) is 7.01. The van der Waals surface area contributed by atoms with Gasteiger partial charge in [0.05, 0.1) is 19.8 Å². The van der Waals surface area contributed by atoms with Gasteiger partial charge in [-0.05, 0) is 19.2 Å². The summed E-state index contributed by atoms with van der Waals surface area (Å²) in [5.74, 6) is 2.83. The van der Waals surface area contributed by atoms with Gasteiger partial charge in [0.25, 0.3) is 0 Å². The second kappa shape index (κ2) is 15.2. The van der Waals surface area contributed by atoms with E-state index in [4.69, 9.17) is 14.5 Å². The molecule has 0 spiro atoms. The highest BCUT2D eigenvalue weighted by atomic mass is 127. The van der Waals surface area contributed by atoms with Crippen LogP contribution in [0.25, 0.3) is 0 Å². The number of hydrogen-bond donors (Lipinski definition) is 2. The fourth-order valence-electron chi connectivity index (χ4n) is 2.66. The molecule has 1 aliphatic rings. The van der Waals surface area contributed by atoms with E-state index in [1.54, 1.807) is 0 Å². The molecule has 2 N–H and O–H groups in total. The number of hydrogen-bond acceptors (Lipinski definition) is 5. The summed E-state index contributed by atoms with van der Waals surface area (Å²) in [5, 5.41) is 6.64. The minimum atomic E-state index is 0. The number of thioether (sulfide) groups is 1. The van der Waals surface area contributed by atoms with Crippen molar-refractivity contribution in [3.63, 3.8) is 0 Å². The lowest BCUT2D eigenvalue weighted by Gasteiger charge is -2.26. The second-order valence-electron chi connectivity index (χ2n) is 6.02. The topological polar surface area (TPSA) is 58.1 Å². The van der Waals surface area contributed by atoms with Gasteiger partial charge in [0, 0.05) is 44.0 Å². The largest absolute Gasteiger partial charge is 0.492 e. The molecular weight excluding hydrogens is 475 g/mol. The molecule has 0 amide bonds. The first-order chi connectivity index (χ1) is 12.8. The maximum atomic E-state index is 6.03. The third-order valence-electron chi connectivity index (χ3n) is 4.09. The molecule has 154 valence electrons. The first kappa shape index (κ1) is 24.3. The van der Waals surface area contributed by atoms with Gasteiger partial charge < -0.3 is 20.1 Å². The molecule has 0 saturated carbocycles. The van der Waals surface area contributed by atoms with Crippen LogP contribution in [0.2, 0.25) is 0 Å². The van der Waals surface area contributed by atoms with Crippen LogP contribution in [0, 0.1) is 0 Å². The monoisotopic (exact) mass is 508 g/mol. The molecule has 0 atom stereocenters. The predicted molar refractivity (Wildman–Crippen MR) is 126 cm³/mol. The van der Waals surface area contributed by atoms with E-state index >= 15 is 0 Å². The van der Waals surface area contributed by atoms with Gasteiger partial charge in [-0.15, -0.1) is 24.0 Å². The molecule has 1 aromatic carbocycles.